The van der Waals surface area contributed by atoms with E-state index in [4.69, 9.17) is 4.74 Å². The molecule has 1 aliphatic carbocycles. The summed E-state index contributed by atoms with van der Waals surface area (Å²) in [5, 5.41) is 15.3. The van der Waals surface area contributed by atoms with E-state index in [0.29, 0.717) is 12.6 Å². The summed E-state index contributed by atoms with van der Waals surface area (Å²) in [5.41, 5.74) is 0. The summed E-state index contributed by atoms with van der Waals surface area (Å²) in [6.45, 7) is 0.931. The molecule has 17 heavy (non-hydrogen) atoms. The molecule has 1 amide bonds. The molecule has 3 N–H and O–H groups in total. The van der Waals surface area contributed by atoms with Crippen LogP contribution in [0, 0.1) is 0 Å². The Morgan fingerprint density at radius 2 is 2.12 bits per heavy atom. The molecule has 100 valence electrons. The highest BCUT2D eigenvalue weighted by Crippen LogP contribution is 2.16. The third-order valence-electron chi connectivity index (χ3n) is 2.99. The molecule has 1 atom stereocenters. The summed E-state index contributed by atoms with van der Waals surface area (Å²) in [4.78, 5) is 11.6. The first-order valence-corrected chi connectivity index (χ1v) is 6.39. The van der Waals surface area contributed by atoms with Gasteiger partial charge in [-0.25, -0.2) is 0 Å². The van der Waals surface area contributed by atoms with E-state index in [1.165, 1.54) is 19.3 Å². The number of carbonyl (C=O) groups is 1. The van der Waals surface area contributed by atoms with E-state index in [1.54, 1.807) is 7.11 Å². The van der Waals surface area contributed by atoms with Crippen LogP contribution in [0.2, 0.25) is 0 Å². The fourth-order valence-electron chi connectivity index (χ4n) is 2.13. The highest BCUT2D eigenvalue weighted by Gasteiger charge is 2.15. The van der Waals surface area contributed by atoms with Gasteiger partial charge in [0.05, 0.1) is 19.3 Å². The Bertz CT molecular complexity index is 218. The predicted molar refractivity (Wildman–Crippen MR) is 65.8 cm³/mol. The summed E-state index contributed by atoms with van der Waals surface area (Å²) in [5.74, 6) is 0.0153. The summed E-state index contributed by atoms with van der Waals surface area (Å²) in [6, 6.07) is 0.349. The third kappa shape index (κ3) is 6.61. The van der Waals surface area contributed by atoms with Gasteiger partial charge in [-0.2, -0.15) is 0 Å². The fourth-order valence-corrected chi connectivity index (χ4v) is 2.13. The van der Waals surface area contributed by atoms with Crippen LogP contribution in [0.3, 0.4) is 0 Å². The first kappa shape index (κ1) is 14.4. The number of hydrogen-bond acceptors (Lipinski definition) is 4. The van der Waals surface area contributed by atoms with Crippen LogP contribution in [0.15, 0.2) is 0 Å². The van der Waals surface area contributed by atoms with E-state index in [0.717, 1.165) is 12.8 Å². The standard InChI is InChI=1S/C12H24N2O3/c1-17-9-11(15)7-13-8-12(16)14-10-5-3-2-4-6-10/h10-11,13,15H,2-9H2,1H3,(H,14,16). The number of rotatable bonds is 7. The quantitative estimate of drug-likeness (QED) is 0.591. The van der Waals surface area contributed by atoms with Crippen LogP contribution in [0.25, 0.3) is 0 Å². The van der Waals surface area contributed by atoms with Crippen LogP contribution < -0.4 is 10.6 Å². The zero-order valence-corrected chi connectivity index (χ0v) is 10.6. The van der Waals surface area contributed by atoms with Crippen molar-refractivity contribution in [1.29, 1.82) is 0 Å². The van der Waals surface area contributed by atoms with Gasteiger partial charge in [-0.05, 0) is 12.8 Å². The van der Waals surface area contributed by atoms with Gasteiger partial charge in [0.25, 0.3) is 0 Å². The highest BCUT2D eigenvalue weighted by molar-refractivity contribution is 5.78. The summed E-state index contributed by atoms with van der Waals surface area (Å²) in [7, 11) is 1.54. The Kier molecular flexibility index (Phi) is 7.16. The van der Waals surface area contributed by atoms with Crippen LogP contribution in [0.1, 0.15) is 32.1 Å². The second-order valence-electron chi connectivity index (χ2n) is 4.64. The van der Waals surface area contributed by atoms with Gasteiger partial charge in [-0.1, -0.05) is 19.3 Å². The summed E-state index contributed by atoms with van der Waals surface area (Å²) in [6.07, 6.45) is 5.35. The van der Waals surface area contributed by atoms with E-state index >= 15 is 0 Å². The number of methoxy groups -OCH3 is 1. The average Bonchev–Trinajstić information content (AvgIpc) is 2.30. The maximum absolute atomic E-state index is 11.6. The van der Waals surface area contributed by atoms with Gasteiger partial charge in [-0.15, -0.1) is 0 Å². The van der Waals surface area contributed by atoms with E-state index in [9.17, 15) is 9.90 Å². The SMILES string of the molecule is COCC(O)CNCC(=O)NC1CCCCC1. The molecule has 1 saturated carbocycles. The molecule has 1 rings (SSSR count). The Labute approximate surface area is 103 Å². The number of aliphatic hydroxyl groups is 1. The monoisotopic (exact) mass is 244 g/mol. The molecule has 1 fully saturated rings. The molecule has 0 aromatic heterocycles. The Balaban J connectivity index is 2.04. The van der Waals surface area contributed by atoms with E-state index in [2.05, 4.69) is 10.6 Å². The zero-order chi connectivity index (χ0) is 12.5. The largest absolute Gasteiger partial charge is 0.389 e. The van der Waals surface area contributed by atoms with E-state index in [-0.39, 0.29) is 19.1 Å². The van der Waals surface area contributed by atoms with Crippen LogP contribution in [0.4, 0.5) is 0 Å². The van der Waals surface area contributed by atoms with Crippen molar-refractivity contribution in [3.05, 3.63) is 0 Å². The molecular formula is C12H24N2O3. The molecular weight excluding hydrogens is 220 g/mol. The average molecular weight is 244 g/mol. The highest BCUT2D eigenvalue weighted by atomic mass is 16.5. The van der Waals surface area contributed by atoms with Crippen molar-refractivity contribution >= 4 is 5.91 Å². The molecule has 0 saturated heterocycles. The molecule has 0 bridgehead atoms. The van der Waals surface area contributed by atoms with Crippen molar-refractivity contribution in [3.8, 4) is 0 Å². The van der Waals surface area contributed by atoms with Crippen molar-refractivity contribution in [3.63, 3.8) is 0 Å². The molecule has 0 aromatic rings. The lowest BCUT2D eigenvalue weighted by Crippen LogP contribution is -2.43. The number of carbonyl (C=O) groups excluding carboxylic acids is 1. The maximum atomic E-state index is 11.6. The van der Waals surface area contributed by atoms with Crippen LogP contribution in [-0.4, -0.2) is 50.0 Å². The van der Waals surface area contributed by atoms with Crippen molar-refractivity contribution in [2.45, 2.75) is 44.2 Å². The van der Waals surface area contributed by atoms with Gasteiger partial charge in [-0.3, -0.25) is 4.79 Å². The van der Waals surface area contributed by atoms with Crippen molar-refractivity contribution in [2.75, 3.05) is 26.8 Å². The molecule has 0 aromatic carbocycles. The first-order chi connectivity index (χ1) is 8.22. The van der Waals surface area contributed by atoms with Crippen molar-refractivity contribution < 1.29 is 14.6 Å². The lowest BCUT2D eigenvalue weighted by molar-refractivity contribution is -0.121. The van der Waals surface area contributed by atoms with Crippen molar-refractivity contribution in [2.24, 2.45) is 0 Å². The van der Waals surface area contributed by atoms with Gasteiger partial charge in [0.2, 0.25) is 5.91 Å². The number of ether oxygens (including phenoxy) is 1. The topological polar surface area (TPSA) is 70.6 Å². The Hall–Kier alpha value is -0.650. The van der Waals surface area contributed by atoms with Gasteiger partial charge < -0.3 is 20.5 Å². The van der Waals surface area contributed by atoms with Crippen LogP contribution in [0.5, 0.6) is 0 Å². The lowest BCUT2D eigenvalue weighted by Gasteiger charge is -2.22. The van der Waals surface area contributed by atoms with Crippen LogP contribution in [-0.2, 0) is 9.53 Å². The zero-order valence-electron chi connectivity index (χ0n) is 10.6. The third-order valence-corrected chi connectivity index (χ3v) is 2.99. The lowest BCUT2D eigenvalue weighted by atomic mass is 9.95. The molecule has 1 unspecified atom stereocenters. The van der Waals surface area contributed by atoms with Gasteiger partial charge in [0, 0.05) is 19.7 Å². The molecule has 0 aliphatic heterocycles. The number of hydrogen-bond donors (Lipinski definition) is 3. The number of nitrogens with one attached hydrogen (secondary N) is 2. The van der Waals surface area contributed by atoms with Gasteiger partial charge in [0.15, 0.2) is 0 Å². The van der Waals surface area contributed by atoms with Crippen LogP contribution >= 0.6 is 0 Å². The predicted octanol–water partition coefficient (Wildman–Crippen LogP) is 0.0322. The van der Waals surface area contributed by atoms with Gasteiger partial charge >= 0.3 is 0 Å². The molecule has 0 spiro atoms. The van der Waals surface area contributed by atoms with Gasteiger partial charge in [0.1, 0.15) is 0 Å². The number of amides is 1. The fraction of sp³-hybridized carbons (Fsp3) is 0.917. The van der Waals surface area contributed by atoms with E-state index in [1.807, 2.05) is 0 Å². The molecule has 1 aliphatic rings. The maximum Gasteiger partial charge on any atom is 0.234 e. The number of aliphatic hydroxyl groups excluding tert-OH is 1. The van der Waals surface area contributed by atoms with E-state index < -0.39 is 6.10 Å². The minimum absolute atomic E-state index is 0.0153. The minimum atomic E-state index is -0.553. The summed E-state index contributed by atoms with van der Waals surface area (Å²) < 4.78 is 4.79. The molecule has 5 heteroatoms. The first-order valence-electron chi connectivity index (χ1n) is 6.39. The smallest absolute Gasteiger partial charge is 0.234 e. The Morgan fingerprint density at radius 1 is 1.41 bits per heavy atom. The summed E-state index contributed by atoms with van der Waals surface area (Å²) >= 11 is 0. The molecule has 5 nitrogen and oxygen atoms in total. The molecule has 0 radical (unpaired) electrons. The molecule has 0 heterocycles. The normalized spacial score (nSPS) is 18.9. The second kappa shape index (κ2) is 8.44. The second-order valence-corrected chi connectivity index (χ2v) is 4.64. The minimum Gasteiger partial charge on any atom is -0.389 e. The Morgan fingerprint density at radius 3 is 2.76 bits per heavy atom. The van der Waals surface area contributed by atoms with Crippen molar-refractivity contribution in [1.82, 2.24) is 10.6 Å².